The van der Waals surface area contributed by atoms with Crippen molar-refractivity contribution in [2.75, 3.05) is 45.9 Å². The highest BCUT2D eigenvalue weighted by atomic mass is 16.5. The molecule has 0 bridgehead atoms. The quantitative estimate of drug-likeness (QED) is 0.504. The summed E-state index contributed by atoms with van der Waals surface area (Å²) in [6, 6.07) is 10.6. The van der Waals surface area contributed by atoms with E-state index in [0.29, 0.717) is 6.54 Å². The number of aromatic nitrogens is 3. The smallest absolute Gasteiger partial charge is 0.191 e. The van der Waals surface area contributed by atoms with Gasteiger partial charge < -0.3 is 19.9 Å². The summed E-state index contributed by atoms with van der Waals surface area (Å²) in [4.78, 5) is 7.19. The van der Waals surface area contributed by atoms with E-state index in [1.807, 2.05) is 18.5 Å². The van der Waals surface area contributed by atoms with Crippen molar-refractivity contribution in [3.8, 4) is 0 Å². The number of benzene rings is 1. The van der Waals surface area contributed by atoms with E-state index >= 15 is 0 Å². The molecule has 0 radical (unpaired) electrons. The number of ether oxygens (including phenoxy) is 1. The number of hydrogen-bond acceptors (Lipinski definition) is 5. The van der Waals surface area contributed by atoms with Gasteiger partial charge in [-0.3, -0.25) is 4.90 Å². The normalized spacial score (nSPS) is 15.9. The van der Waals surface area contributed by atoms with Crippen molar-refractivity contribution in [2.24, 2.45) is 12.0 Å². The molecule has 2 N–H and O–H groups in total. The Kier molecular flexibility index (Phi) is 7.81. The molecule has 1 fully saturated rings. The third-order valence-electron chi connectivity index (χ3n) is 5.64. The summed E-state index contributed by atoms with van der Waals surface area (Å²) in [5, 5.41) is 15.4. The van der Waals surface area contributed by atoms with Crippen LogP contribution in [-0.4, -0.2) is 71.6 Å². The summed E-state index contributed by atoms with van der Waals surface area (Å²) in [7, 11) is 1.97. The van der Waals surface area contributed by atoms with Gasteiger partial charge in [0.2, 0.25) is 0 Å². The maximum atomic E-state index is 5.43. The van der Waals surface area contributed by atoms with Gasteiger partial charge in [-0.25, -0.2) is 4.99 Å². The molecule has 0 spiro atoms. The average molecular weight is 414 g/mol. The molecule has 3 rings (SSSR count). The van der Waals surface area contributed by atoms with Crippen molar-refractivity contribution < 1.29 is 4.74 Å². The number of nitrogens with zero attached hydrogens (tertiary/aromatic N) is 5. The van der Waals surface area contributed by atoms with Gasteiger partial charge in [0.25, 0.3) is 0 Å². The second-order valence-corrected chi connectivity index (χ2v) is 8.37. The molecule has 8 heteroatoms. The zero-order valence-electron chi connectivity index (χ0n) is 18.7. The fourth-order valence-corrected chi connectivity index (χ4v) is 3.37. The van der Waals surface area contributed by atoms with Crippen LogP contribution in [0, 0.1) is 6.92 Å². The summed E-state index contributed by atoms with van der Waals surface area (Å²) < 4.78 is 7.41. The van der Waals surface area contributed by atoms with Gasteiger partial charge in [0.15, 0.2) is 11.8 Å². The first-order valence-corrected chi connectivity index (χ1v) is 10.7. The minimum atomic E-state index is -0.0186. The average Bonchev–Trinajstić information content (AvgIpc) is 3.09. The molecule has 2 heterocycles. The van der Waals surface area contributed by atoms with E-state index in [4.69, 9.17) is 9.73 Å². The van der Waals surface area contributed by atoms with Crippen LogP contribution in [0.2, 0.25) is 0 Å². The zero-order chi connectivity index (χ0) is 21.4. The lowest BCUT2D eigenvalue weighted by Gasteiger charge is -2.28. The van der Waals surface area contributed by atoms with E-state index in [2.05, 4.69) is 69.9 Å². The summed E-state index contributed by atoms with van der Waals surface area (Å²) in [5.41, 5.74) is 1.28. The van der Waals surface area contributed by atoms with Crippen LogP contribution in [0.5, 0.6) is 0 Å². The topological polar surface area (TPSA) is 79.6 Å². The van der Waals surface area contributed by atoms with Gasteiger partial charge >= 0.3 is 0 Å². The van der Waals surface area contributed by atoms with Crippen molar-refractivity contribution in [1.29, 1.82) is 0 Å². The van der Waals surface area contributed by atoms with E-state index in [9.17, 15) is 0 Å². The van der Waals surface area contributed by atoms with Crippen LogP contribution in [0.3, 0.4) is 0 Å². The molecule has 1 aromatic heterocycles. The van der Waals surface area contributed by atoms with Crippen LogP contribution in [0.4, 0.5) is 0 Å². The van der Waals surface area contributed by atoms with Gasteiger partial charge in [-0.05, 0) is 12.5 Å². The van der Waals surface area contributed by atoms with E-state index in [1.54, 1.807) is 0 Å². The second-order valence-electron chi connectivity index (χ2n) is 8.37. The predicted molar refractivity (Wildman–Crippen MR) is 120 cm³/mol. The molecule has 30 heavy (non-hydrogen) atoms. The van der Waals surface area contributed by atoms with Crippen LogP contribution in [-0.2, 0) is 23.7 Å². The highest BCUT2D eigenvalue weighted by Gasteiger charge is 2.21. The maximum Gasteiger partial charge on any atom is 0.191 e. The highest BCUT2D eigenvalue weighted by Crippen LogP contribution is 2.21. The number of morpholine rings is 1. The molecule has 164 valence electrons. The molecule has 0 aliphatic carbocycles. The minimum absolute atomic E-state index is 0.0186. The molecule has 0 amide bonds. The van der Waals surface area contributed by atoms with Crippen LogP contribution in [0.1, 0.15) is 31.1 Å². The van der Waals surface area contributed by atoms with Gasteiger partial charge in [0, 0.05) is 45.2 Å². The third-order valence-corrected chi connectivity index (χ3v) is 5.64. The number of guanidine groups is 1. The van der Waals surface area contributed by atoms with Crippen LogP contribution in [0.15, 0.2) is 35.3 Å². The molecule has 0 atom stereocenters. The van der Waals surface area contributed by atoms with Gasteiger partial charge in [-0.15, -0.1) is 10.2 Å². The highest BCUT2D eigenvalue weighted by molar-refractivity contribution is 5.79. The van der Waals surface area contributed by atoms with Crippen molar-refractivity contribution in [3.63, 3.8) is 0 Å². The van der Waals surface area contributed by atoms with E-state index in [1.165, 1.54) is 5.56 Å². The number of aryl methyl sites for hydroxylation is 1. The van der Waals surface area contributed by atoms with Gasteiger partial charge in [-0.2, -0.15) is 0 Å². The van der Waals surface area contributed by atoms with Crippen LogP contribution in [0.25, 0.3) is 0 Å². The molecule has 8 nitrogen and oxygen atoms in total. The Morgan fingerprint density at radius 3 is 2.53 bits per heavy atom. The summed E-state index contributed by atoms with van der Waals surface area (Å²) in [6.45, 7) is 13.1. The lowest BCUT2D eigenvalue weighted by atomic mass is 9.85. The molecule has 1 aromatic carbocycles. The van der Waals surface area contributed by atoms with E-state index < -0.39 is 0 Å². The largest absolute Gasteiger partial charge is 0.379 e. The van der Waals surface area contributed by atoms with E-state index in [-0.39, 0.29) is 5.41 Å². The molecule has 0 saturated carbocycles. The zero-order valence-corrected chi connectivity index (χ0v) is 18.7. The molecule has 2 aromatic rings. The Bertz CT molecular complexity index is 810. The Morgan fingerprint density at radius 2 is 1.87 bits per heavy atom. The molecular formula is C22H35N7O. The summed E-state index contributed by atoms with van der Waals surface area (Å²) in [5.74, 6) is 2.54. The maximum absolute atomic E-state index is 5.43. The lowest BCUT2D eigenvalue weighted by molar-refractivity contribution is 0.0389. The third kappa shape index (κ3) is 6.27. The van der Waals surface area contributed by atoms with Crippen molar-refractivity contribution in [2.45, 2.75) is 32.7 Å². The van der Waals surface area contributed by atoms with Crippen LogP contribution >= 0.6 is 0 Å². The first-order chi connectivity index (χ1) is 14.5. The Labute approximate surface area is 179 Å². The molecule has 1 aliphatic rings. The van der Waals surface area contributed by atoms with Gasteiger partial charge in [0.1, 0.15) is 12.4 Å². The van der Waals surface area contributed by atoms with Gasteiger partial charge in [-0.1, -0.05) is 44.2 Å². The molecule has 0 unspecified atom stereocenters. The Balaban J connectivity index is 1.61. The first kappa shape index (κ1) is 22.2. The lowest BCUT2D eigenvalue weighted by Crippen LogP contribution is -2.47. The van der Waals surface area contributed by atoms with Crippen molar-refractivity contribution >= 4 is 5.96 Å². The number of nitrogens with one attached hydrogen (secondary N) is 2. The molecular weight excluding hydrogens is 378 g/mol. The number of hydrogen-bond donors (Lipinski definition) is 2. The summed E-state index contributed by atoms with van der Waals surface area (Å²) >= 11 is 0. The molecule has 1 aliphatic heterocycles. The van der Waals surface area contributed by atoms with Gasteiger partial charge in [0.05, 0.1) is 13.2 Å². The minimum Gasteiger partial charge on any atom is -0.379 e. The first-order valence-electron chi connectivity index (χ1n) is 10.7. The summed E-state index contributed by atoms with van der Waals surface area (Å²) in [6.07, 6.45) is 0. The monoisotopic (exact) mass is 413 g/mol. The predicted octanol–water partition coefficient (Wildman–Crippen LogP) is 1.47. The fourth-order valence-electron chi connectivity index (χ4n) is 3.37. The second kappa shape index (κ2) is 10.5. The van der Waals surface area contributed by atoms with E-state index in [0.717, 1.165) is 63.5 Å². The fraction of sp³-hybridized carbons (Fsp3) is 0.591. The number of rotatable bonds is 8. The number of aliphatic imine (C=N–C) groups is 1. The Hall–Kier alpha value is -2.45. The standard InChI is InChI=1S/C22H35N7O/c1-18-26-27-20(28(18)4)16-24-21(23-10-11-29-12-14-30-15-13-29)25-17-22(2,3)19-8-6-5-7-9-19/h5-9H,10-17H2,1-4H3,(H2,23,24,25). The molecule has 1 saturated heterocycles. The van der Waals surface area contributed by atoms with Crippen LogP contribution < -0.4 is 10.6 Å². The SMILES string of the molecule is Cc1nnc(CN=C(NCCN2CCOCC2)NCC(C)(C)c2ccccc2)n1C. The Morgan fingerprint density at radius 1 is 1.13 bits per heavy atom. The van der Waals surface area contributed by atoms with Crippen molar-refractivity contribution in [1.82, 2.24) is 30.3 Å². The van der Waals surface area contributed by atoms with Crippen molar-refractivity contribution in [3.05, 3.63) is 47.5 Å².